The molecule has 5 atom stereocenters. The number of hydrogen-bond acceptors (Lipinski definition) is 6. The summed E-state index contributed by atoms with van der Waals surface area (Å²) in [5, 5.41) is 0. The minimum atomic E-state index is -0.640. The minimum absolute atomic E-state index is 0.0630. The van der Waals surface area contributed by atoms with Crippen LogP contribution in [0, 0.1) is 0 Å². The smallest absolute Gasteiger partial charge is 0.164 e. The van der Waals surface area contributed by atoms with Crippen molar-refractivity contribution in [3.05, 3.63) is 53.1 Å². The van der Waals surface area contributed by atoms with Gasteiger partial charge in [-0.1, -0.05) is 29.9 Å². The Bertz CT molecular complexity index is 978. The Hall–Kier alpha value is -1.70. The van der Waals surface area contributed by atoms with Crippen molar-refractivity contribution in [3.63, 3.8) is 0 Å². The van der Waals surface area contributed by atoms with Crippen LogP contribution in [0.5, 0.6) is 5.75 Å². The van der Waals surface area contributed by atoms with Crippen LogP contribution >= 0.6 is 0 Å². The lowest BCUT2D eigenvalue weighted by Gasteiger charge is -2.41. The van der Waals surface area contributed by atoms with E-state index < -0.39 is 11.4 Å². The SMILES string of the molecule is COc1ccc(COC/C=C(\C)CC[C@@H]2O[C@@H]([C@@]3(C)OC(C)(C)O[C@H]3C[C@@H]3OC3(C)C)CC=C2C)cc1. The molecule has 0 amide bonds. The van der Waals surface area contributed by atoms with E-state index in [0.717, 1.165) is 37.0 Å². The number of methoxy groups -OCH3 is 1. The van der Waals surface area contributed by atoms with Gasteiger partial charge >= 0.3 is 0 Å². The summed E-state index contributed by atoms with van der Waals surface area (Å²) >= 11 is 0. The van der Waals surface area contributed by atoms with E-state index in [9.17, 15) is 0 Å². The molecule has 0 radical (unpaired) electrons. The van der Waals surface area contributed by atoms with Crippen LogP contribution < -0.4 is 4.74 Å². The first-order valence-electron chi connectivity index (χ1n) is 13.7. The number of epoxide rings is 1. The average molecular weight is 515 g/mol. The Balaban J connectivity index is 1.28. The fourth-order valence-electron chi connectivity index (χ4n) is 5.50. The molecule has 37 heavy (non-hydrogen) atoms. The second kappa shape index (κ2) is 11.2. The van der Waals surface area contributed by atoms with Crippen LogP contribution in [0.4, 0.5) is 0 Å². The van der Waals surface area contributed by atoms with Crippen molar-refractivity contribution in [1.29, 1.82) is 0 Å². The molecular formula is C31H46O6. The summed E-state index contributed by atoms with van der Waals surface area (Å²) in [4.78, 5) is 0. The van der Waals surface area contributed by atoms with E-state index >= 15 is 0 Å². The number of benzene rings is 1. The fraction of sp³-hybridized carbons (Fsp3) is 0.677. The highest BCUT2D eigenvalue weighted by atomic mass is 16.8. The van der Waals surface area contributed by atoms with Crippen LogP contribution in [0.15, 0.2) is 47.6 Å². The third-order valence-corrected chi connectivity index (χ3v) is 8.03. The highest BCUT2D eigenvalue weighted by molar-refractivity contribution is 5.26. The first-order valence-corrected chi connectivity index (χ1v) is 13.7. The normalized spacial score (nSPS) is 32.8. The monoisotopic (exact) mass is 514 g/mol. The summed E-state index contributed by atoms with van der Waals surface area (Å²) in [6.45, 7) is 15.9. The van der Waals surface area contributed by atoms with E-state index in [1.807, 2.05) is 38.1 Å². The Morgan fingerprint density at radius 2 is 1.76 bits per heavy atom. The van der Waals surface area contributed by atoms with E-state index in [0.29, 0.717) is 13.2 Å². The summed E-state index contributed by atoms with van der Waals surface area (Å²) < 4.78 is 36.6. The largest absolute Gasteiger partial charge is 0.497 e. The third kappa shape index (κ3) is 7.04. The van der Waals surface area contributed by atoms with Crippen LogP contribution in [0.1, 0.15) is 79.7 Å². The van der Waals surface area contributed by atoms with E-state index in [4.69, 9.17) is 28.4 Å². The van der Waals surface area contributed by atoms with Crippen molar-refractivity contribution >= 4 is 0 Å². The Morgan fingerprint density at radius 3 is 2.41 bits per heavy atom. The van der Waals surface area contributed by atoms with Gasteiger partial charge in [-0.3, -0.25) is 0 Å². The van der Waals surface area contributed by atoms with Crippen molar-refractivity contribution in [2.45, 2.75) is 122 Å². The molecule has 0 unspecified atom stereocenters. The highest BCUT2D eigenvalue weighted by Gasteiger charge is 2.59. The van der Waals surface area contributed by atoms with Gasteiger partial charge in [-0.05, 0) is 91.0 Å². The van der Waals surface area contributed by atoms with Gasteiger partial charge < -0.3 is 28.4 Å². The van der Waals surface area contributed by atoms with Crippen LogP contribution in [-0.4, -0.2) is 55.1 Å². The predicted molar refractivity (Wildman–Crippen MR) is 145 cm³/mol. The predicted octanol–water partition coefficient (Wildman–Crippen LogP) is 6.52. The van der Waals surface area contributed by atoms with Gasteiger partial charge in [0.1, 0.15) is 11.4 Å². The van der Waals surface area contributed by atoms with Gasteiger partial charge in [0.25, 0.3) is 0 Å². The zero-order valence-corrected chi connectivity index (χ0v) is 24.0. The molecular weight excluding hydrogens is 468 g/mol. The Morgan fingerprint density at radius 1 is 1.05 bits per heavy atom. The molecule has 4 rings (SSSR count). The van der Waals surface area contributed by atoms with Crippen molar-refractivity contribution in [1.82, 2.24) is 0 Å². The molecule has 0 spiro atoms. The molecule has 1 aromatic rings. The van der Waals surface area contributed by atoms with Crippen molar-refractivity contribution in [2.24, 2.45) is 0 Å². The summed E-state index contributed by atoms with van der Waals surface area (Å²) in [6.07, 6.45) is 8.18. The Kier molecular flexibility index (Phi) is 8.56. The zero-order valence-electron chi connectivity index (χ0n) is 24.0. The van der Waals surface area contributed by atoms with Crippen LogP contribution in [0.25, 0.3) is 0 Å². The molecule has 0 bridgehead atoms. The van der Waals surface area contributed by atoms with E-state index in [2.05, 4.69) is 46.8 Å². The molecule has 206 valence electrons. The lowest BCUT2D eigenvalue weighted by molar-refractivity contribution is -0.194. The molecule has 0 N–H and O–H groups in total. The fourth-order valence-corrected chi connectivity index (χ4v) is 5.50. The highest BCUT2D eigenvalue weighted by Crippen LogP contribution is 2.48. The van der Waals surface area contributed by atoms with Gasteiger partial charge in [0, 0.05) is 6.42 Å². The van der Waals surface area contributed by atoms with Gasteiger partial charge in [0.2, 0.25) is 0 Å². The molecule has 2 saturated heterocycles. The molecule has 0 saturated carbocycles. The maximum absolute atomic E-state index is 6.73. The number of rotatable bonds is 11. The minimum Gasteiger partial charge on any atom is -0.497 e. The van der Waals surface area contributed by atoms with Gasteiger partial charge in [-0.15, -0.1) is 0 Å². The lowest BCUT2D eigenvalue weighted by atomic mass is 9.84. The maximum Gasteiger partial charge on any atom is 0.164 e. The zero-order chi connectivity index (χ0) is 26.8. The quantitative estimate of drug-likeness (QED) is 0.190. The summed E-state index contributed by atoms with van der Waals surface area (Å²) in [5.74, 6) is 0.218. The van der Waals surface area contributed by atoms with Crippen LogP contribution in [0.2, 0.25) is 0 Å². The van der Waals surface area contributed by atoms with Crippen molar-refractivity contribution in [3.8, 4) is 5.75 Å². The van der Waals surface area contributed by atoms with Crippen LogP contribution in [-0.2, 0) is 30.3 Å². The molecule has 3 heterocycles. The van der Waals surface area contributed by atoms with Gasteiger partial charge in [0.15, 0.2) is 5.79 Å². The molecule has 6 nitrogen and oxygen atoms in total. The first kappa shape index (κ1) is 28.3. The average Bonchev–Trinajstić information content (AvgIpc) is 3.36. The first-order chi connectivity index (χ1) is 17.4. The third-order valence-electron chi connectivity index (χ3n) is 8.03. The maximum atomic E-state index is 6.73. The van der Waals surface area contributed by atoms with Gasteiger partial charge in [-0.2, -0.15) is 0 Å². The molecule has 0 aromatic heterocycles. The van der Waals surface area contributed by atoms with Crippen LogP contribution in [0.3, 0.4) is 0 Å². The lowest BCUT2D eigenvalue weighted by Crippen LogP contribution is -2.52. The number of allylic oxidation sites excluding steroid dienone is 1. The molecule has 1 aromatic carbocycles. The van der Waals surface area contributed by atoms with E-state index in [1.165, 1.54) is 11.1 Å². The number of ether oxygens (including phenoxy) is 6. The topological polar surface area (TPSA) is 58.7 Å². The van der Waals surface area contributed by atoms with Crippen molar-refractivity contribution < 1.29 is 28.4 Å². The van der Waals surface area contributed by atoms with Gasteiger partial charge in [0.05, 0.1) is 50.3 Å². The summed E-state index contributed by atoms with van der Waals surface area (Å²) in [6, 6.07) is 7.98. The second-order valence-corrected chi connectivity index (χ2v) is 12.0. The summed E-state index contributed by atoms with van der Waals surface area (Å²) in [7, 11) is 1.68. The van der Waals surface area contributed by atoms with Gasteiger partial charge in [-0.25, -0.2) is 0 Å². The Labute approximate surface area is 223 Å². The molecule has 3 aliphatic heterocycles. The second-order valence-electron chi connectivity index (χ2n) is 12.0. The summed E-state index contributed by atoms with van der Waals surface area (Å²) in [5.41, 5.74) is 3.14. The molecule has 0 aliphatic carbocycles. The van der Waals surface area contributed by atoms with E-state index in [-0.39, 0.29) is 30.0 Å². The van der Waals surface area contributed by atoms with Crippen molar-refractivity contribution in [2.75, 3.05) is 13.7 Å². The molecule has 6 heteroatoms. The van der Waals surface area contributed by atoms with E-state index in [1.54, 1.807) is 7.11 Å². The molecule has 2 fully saturated rings. The molecule has 3 aliphatic rings. The standard InChI is InChI=1S/C31H46O6/c1-21(17-18-33-20-23-11-13-24(32-8)14-12-23)9-15-25-22(2)10-16-26(34-25)31(7)28(36-30(5,6)37-31)19-27-29(3,4)35-27/h10-14,17,25-28H,9,15-16,18-20H2,1-8H3/b21-17+/t25-,26+,27-,28-,31+/m0/s1. The number of hydrogen-bond donors (Lipinski definition) is 0.